The molecule has 7 heteroatoms. The maximum absolute atomic E-state index is 12.0. The van der Waals surface area contributed by atoms with Gasteiger partial charge in [-0.2, -0.15) is 0 Å². The Morgan fingerprint density at radius 3 is 2.52 bits per heavy atom. The van der Waals surface area contributed by atoms with Crippen molar-refractivity contribution in [1.82, 2.24) is 0 Å². The number of ether oxygens (including phenoxy) is 2. The third-order valence-electron chi connectivity index (χ3n) is 3.06. The van der Waals surface area contributed by atoms with Crippen molar-refractivity contribution in [3.63, 3.8) is 0 Å². The van der Waals surface area contributed by atoms with Gasteiger partial charge in [0.1, 0.15) is 0 Å². The smallest absolute Gasteiger partial charge is 0.243 e. The van der Waals surface area contributed by atoms with E-state index in [0.717, 1.165) is 5.69 Å². The molecule has 0 saturated carbocycles. The summed E-state index contributed by atoms with van der Waals surface area (Å²) in [6.07, 6.45) is 0. The monoisotopic (exact) mass is 354 g/mol. The largest absolute Gasteiger partial charge is 0.493 e. The van der Waals surface area contributed by atoms with E-state index in [0.29, 0.717) is 27.2 Å². The zero-order valence-corrected chi connectivity index (χ0v) is 14.2. The van der Waals surface area contributed by atoms with E-state index in [1.165, 1.54) is 0 Å². The van der Waals surface area contributed by atoms with E-state index in [1.807, 2.05) is 0 Å². The number of amides is 1. The summed E-state index contributed by atoms with van der Waals surface area (Å²) >= 11 is 11.9. The molecule has 1 amide bonds. The van der Waals surface area contributed by atoms with Gasteiger partial charge in [-0.15, -0.1) is 0 Å². The summed E-state index contributed by atoms with van der Waals surface area (Å²) < 4.78 is 10.4. The van der Waals surface area contributed by atoms with Crippen LogP contribution in [-0.4, -0.2) is 26.7 Å². The lowest BCUT2D eigenvalue weighted by Gasteiger charge is -2.12. The third-order valence-corrected chi connectivity index (χ3v) is 3.88. The lowest BCUT2D eigenvalue weighted by molar-refractivity contribution is -0.114. The number of benzene rings is 2. The van der Waals surface area contributed by atoms with E-state index in [9.17, 15) is 4.79 Å². The van der Waals surface area contributed by atoms with Crippen LogP contribution in [0.1, 0.15) is 0 Å². The van der Waals surface area contributed by atoms with Gasteiger partial charge in [-0.25, -0.2) is 0 Å². The van der Waals surface area contributed by atoms with Crippen LogP contribution < -0.4 is 20.1 Å². The van der Waals surface area contributed by atoms with Gasteiger partial charge in [-0.1, -0.05) is 29.3 Å². The molecule has 0 radical (unpaired) electrons. The summed E-state index contributed by atoms with van der Waals surface area (Å²) in [4.78, 5) is 12.0. The highest BCUT2D eigenvalue weighted by molar-refractivity contribution is 6.44. The Bertz CT molecular complexity index is 708. The Morgan fingerprint density at radius 1 is 1.09 bits per heavy atom. The minimum absolute atomic E-state index is 0.0678. The van der Waals surface area contributed by atoms with Crippen molar-refractivity contribution < 1.29 is 14.3 Å². The average molecular weight is 355 g/mol. The van der Waals surface area contributed by atoms with Crippen molar-refractivity contribution in [3.8, 4) is 11.5 Å². The predicted molar refractivity (Wildman–Crippen MR) is 93.1 cm³/mol. The SMILES string of the molecule is COc1ccc(NCC(=O)Nc2cccc(Cl)c2Cl)cc1OC. The first-order chi connectivity index (χ1) is 11.0. The summed E-state index contributed by atoms with van der Waals surface area (Å²) in [6, 6.07) is 10.3. The van der Waals surface area contributed by atoms with Gasteiger partial charge in [0.25, 0.3) is 0 Å². The number of carbonyl (C=O) groups excluding carboxylic acids is 1. The van der Waals surface area contributed by atoms with Crippen LogP contribution in [0.25, 0.3) is 0 Å². The minimum Gasteiger partial charge on any atom is -0.493 e. The zero-order chi connectivity index (χ0) is 16.8. The first-order valence-corrected chi connectivity index (χ1v) is 7.50. The standard InChI is InChI=1S/C16H16Cl2N2O3/c1-22-13-7-6-10(8-14(13)23-2)19-9-15(21)20-12-5-3-4-11(17)16(12)18/h3-8,19H,9H2,1-2H3,(H,20,21). The number of nitrogens with one attached hydrogen (secondary N) is 2. The fourth-order valence-corrected chi connectivity index (χ4v) is 2.27. The van der Waals surface area contributed by atoms with Crippen molar-refractivity contribution in [2.45, 2.75) is 0 Å². The molecule has 122 valence electrons. The second kappa shape index (κ2) is 7.94. The molecule has 2 aromatic rings. The number of methoxy groups -OCH3 is 2. The van der Waals surface area contributed by atoms with E-state index in [-0.39, 0.29) is 12.5 Å². The quantitative estimate of drug-likeness (QED) is 0.820. The molecular weight excluding hydrogens is 339 g/mol. The Morgan fingerprint density at radius 2 is 1.83 bits per heavy atom. The van der Waals surface area contributed by atoms with Crippen LogP contribution in [0, 0.1) is 0 Å². The molecule has 2 N–H and O–H groups in total. The number of carbonyl (C=O) groups is 1. The van der Waals surface area contributed by atoms with E-state index in [4.69, 9.17) is 32.7 Å². The van der Waals surface area contributed by atoms with E-state index in [1.54, 1.807) is 50.6 Å². The fraction of sp³-hybridized carbons (Fsp3) is 0.188. The van der Waals surface area contributed by atoms with Crippen molar-refractivity contribution in [2.75, 3.05) is 31.4 Å². The van der Waals surface area contributed by atoms with Gasteiger partial charge >= 0.3 is 0 Å². The molecule has 0 aliphatic carbocycles. The van der Waals surface area contributed by atoms with Crippen LogP contribution in [0.2, 0.25) is 10.0 Å². The van der Waals surface area contributed by atoms with Gasteiger partial charge in [0, 0.05) is 11.8 Å². The molecule has 0 aliphatic rings. The highest BCUT2D eigenvalue weighted by atomic mass is 35.5. The molecule has 0 heterocycles. The average Bonchev–Trinajstić information content (AvgIpc) is 2.56. The molecule has 0 saturated heterocycles. The van der Waals surface area contributed by atoms with E-state index in [2.05, 4.69) is 10.6 Å². The fourth-order valence-electron chi connectivity index (χ4n) is 1.92. The lowest BCUT2D eigenvalue weighted by atomic mass is 10.2. The van der Waals surface area contributed by atoms with Crippen LogP contribution >= 0.6 is 23.2 Å². The molecule has 0 aliphatic heterocycles. The first kappa shape index (κ1) is 17.2. The van der Waals surface area contributed by atoms with Crippen LogP contribution in [0.4, 0.5) is 11.4 Å². The molecule has 2 aromatic carbocycles. The van der Waals surface area contributed by atoms with Gasteiger partial charge in [-0.3, -0.25) is 4.79 Å². The molecule has 0 aromatic heterocycles. The summed E-state index contributed by atoms with van der Waals surface area (Å²) in [5.74, 6) is 0.952. The van der Waals surface area contributed by atoms with E-state index >= 15 is 0 Å². The maximum Gasteiger partial charge on any atom is 0.243 e. The molecule has 0 unspecified atom stereocenters. The van der Waals surface area contributed by atoms with Crippen molar-refractivity contribution in [2.24, 2.45) is 0 Å². The number of halogens is 2. The zero-order valence-electron chi connectivity index (χ0n) is 12.7. The van der Waals surface area contributed by atoms with E-state index < -0.39 is 0 Å². The molecule has 0 bridgehead atoms. The van der Waals surface area contributed by atoms with Crippen LogP contribution in [0.3, 0.4) is 0 Å². The maximum atomic E-state index is 12.0. The van der Waals surface area contributed by atoms with Crippen LogP contribution in [-0.2, 0) is 4.79 Å². The normalized spacial score (nSPS) is 10.1. The second-order valence-corrected chi connectivity index (χ2v) is 5.36. The molecule has 2 rings (SSSR count). The second-order valence-electron chi connectivity index (χ2n) is 4.57. The van der Waals surface area contributed by atoms with Gasteiger partial charge in [0.2, 0.25) is 5.91 Å². The number of rotatable bonds is 6. The van der Waals surface area contributed by atoms with Crippen molar-refractivity contribution in [1.29, 1.82) is 0 Å². The molecule has 23 heavy (non-hydrogen) atoms. The van der Waals surface area contributed by atoms with Gasteiger partial charge < -0.3 is 20.1 Å². The van der Waals surface area contributed by atoms with Gasteiger partial charge in [-0.05, 0) is 24.3 Å². The van der Waals surface area contributed by atoms with Crippen LogP contribution in [0.5, 0.6) is 11.5 Å². The molecule has 5 nitrogen and oxygen atoms in total. The number of hydrogen-bond donors (Lipinski definition) is 2. The van der Waals surface area contributed by atoms with Gasteiger partial charge in [0.15, 0.2) is 11.5 Å². The molecule has 0 fully saturated rings. The summed E-state index contributed by atoms with van der Waals surface area (Å²) in [7, 11) is 3.11. The van der Waals surface area contributed by atoms with Gasteiger partial charge in [0.05, 0.1) is 36.5 Å². The highest BCUT2D eigenvalue weighted by Crippen LogP contribution is 2.30. The third kappa shape index (κ3) is 4.43. The Kier molecular flexibility index (Phi) is 5.96. The van der Waals surface area contributed by atoms with Crippen LogP contribution in [0.15, 0.2) is 36.4 Å². The molecule has 0 atom stereocenters. The Labute approximate surface area is 144 Å². The highest BCUT2D eigenvalue weighted by Gasteiger charge is 2.09. The summed E-state index contributed by atoms with van der Waals surface area (Å²) in [5.41, 5.74) is 1.20. The minimum atomic E-state index is -0.246. The van der Waals surface area contributed by atoms with Crippen molar-refractivity contribution >= 4 is 40.5 Å². The van der Waals surface area contributed by atoms with Crippen molar-refractivity contribution in [3.05, 3.63) is 46.4 Å². The summed E-state index contributed by atoms with van der Waals surface area (Å²) in [5, 5.41) is 6.40. The molecule has 0 spiro atoms. The molecular formula is C16H16Cl2N2O3. The number of anilines is 2. The number of hydrogen-bond acceptors (Lipinski definition) is 4. The lowest BCUT2D eigenvalue weighted by Crippen LogP contribution is -2.21. The Hall–Kier alpha value is -2.11. The first-order valence-electron chi connectivity index (χ1n) is 6.75. The predicted octanol–water partition coefficient (Wildman–Crippen LogP) is 4.06. The topological polar surface area (TPSA) is 59.6 Å². The Balaban J connectivity index is 1.98. The summed E-state index contributed by atoms with van der Waals surface area (Å²) in [6.45, 7) is 0.0678.